The summed E-state index contributed by atoms with van der Waals surface area (Å²) in [5.74, 6) is -1.48. The summed E-state index contributed by atoms with van der Waals surface area (Å²) >= 11 is 0. The average Bonchev–Trinajstić information content (AvgIpc) is 3.28. The second-order valence-corrected chi connectivity index (χ2v) is 6.74. The molecule has 1 aromatic carbocycles. The molecule has 4 rings (SSSR count). The predicted molar refractivity (Wildman–Crippen MR) is 87.4 cm³/mol. The molecule has 0 N–H and O–H groups in total. The minimum Gasteiger partial charge on any atom is -0.438 e. The van der Waals surface area contributed by atoms with E-state index in [1.54, 1.807) is 4.90 Å². The van der Waals surface area contributed by atoms with Gasteiger partial charge in [0.05, 0.1) is 17.3 Å². The number of carbonyl (C=O) groups excluding carboxylic acids is 2. The van der Waals surface area contributed by atoms with Crippen LogP contribution in [0.15, 0.2) is 35.2 Å². The predicted octanol–water partition coefficient (Wildman–Crippen LogP) is 2.61. The highest BCUT2D eigenvalue weighted by molar-refractivity contribution is 6.00. The van der Waals surface area contributed by atoms with Crippen molar-refractivity contribution in [3.63, 3.8) is 0 Å². The number of hydrogen-bond acceptors (Lipinski definition) is 4. The van der Waals surface area contributed by atoms with Crippen LogP contribution in [-0.4, -0.2) is 41.3 Å². The van der Waals surface area contributed by atoms with Crippen molar-refractivity contribution in [3.8, 4) is 0 Å². The summed E-state index contributed by atoms with van der Waals surface area (Å²) in [6.45, 7) is 1.16. The van der Waals surface area contributed by atoms with Gasteiger partial charge in [-0.05, 0) is 31.4 Å². The smallest absolute Gasteiger partial charge is 0.291 e. The van der Waals surface area contributed by atoms with Gasteiger partial charge in [-0.25, -0.2) is 13.8 Å². The third-order valence-corrected chi connectivity index (χ3v) is 5.36. The first kappa shape index (κ1) is 16.7. The maximum atomic E-state index is 14.0. The van der Waals surface area contributed by atoms with Crippen LogP contribution < -0.4 is 4.90 Å². The third-order valence-electron chi connectivity index (χ3n) is 5.36. The number of hydrogen-bond donors (Lipinski definition) is 0. The molecule has 26 heavy (non-hydrogen) atoms. The lowest BCUT2D eigenvalue weighted by Crippen LogP contribution is -2.46. The van der Waals surface area contributed by atoms with Gasteiger partial charge in [0.25, 0.3) is 5.91 Å². The highest BCUT2D eigenvalue weighted by atomic mass is 19.1. The van der Waals surface area contributed by atoms with E-state index < -0.39 is 17.0 Å². The van der Waals surface area contributed by atoms with E-state index in [4.69, 9.17) is 4.42 Å². The molecule has 6 nitrogen and oxygen atoms in total. The Bertz CT molecular complexity index is 845. The van der Waals surface area contributed by atoms with E-state index in [-0.39, 0.29) is 23.3 Å². The van der Waals surface area contributed by atoms with Crippen LogP contribution in [-0.2, 0) is 4.79 Å². The number of oxazole rings is 1. The molecule has 0 aliphatic carbocycles. The topological polar surface area (TPSA) is 66.7 Å². The van der Waals surface area contributed by atoms with Crippen LogP contribution in [0.2, 0.25) is 0 Å². The van der Waals surface area contributed by atoms with Crippen LogP contribution in [0.1, 0.15) is 29.8 Å². The zero-order chi connectivity index (χ0) is 18.3. The SMILES string of the molecule is O=C(c1cnco1)N1CCC2(CC1)CCN(c1cc(F)ccc1F)C2=O. The van der Waals surface area contributed by atoms with Crippen molar-refractivity contribution in [2.24, 2.45) is 5.41 Å². The van der Waals surface area contributed by atoms with Gasteiger partial charge in [-0.15, -0.1) is 0 Å². The van der Waals surface area contributed by atoms with E-state index in [2.05, 4.69) is 4.98 Å². The summed E-state index contributed by atoms with van der Waals surface area (Å²) in [6, 6.07) is 3.11. The summed E-state index contributed by atoms with van der Waals surface area (Å²) in [6.07, 6.45) is 4.09. The fourth-order valence-electron chi connectivity index (χ4n) is 3.82. The van der Waals surface area contributed by atoms with Crippen LogP contribution in [0.3, 0.4) is 0 Å². The molecule has 0 bridgehead atoms. The molecule has 2 saturated heterocycles. The molecule has 3 heterocycles. The van der Waals surface area contributed by atoms with Crippen LogP contribution in [0, 0.1) is 17.0 Å². The number of anilines is 1. The van der Waals surface area contributed by atoms with Crippen LogP contribution in [0.4, 0.5) is 14.5 Å². The molecule has 0 radical (unpaired) electrons. The quantitative estimate of drug-likeness (QED) is 0.825. The van der Waals surface area contributed by atoms with Crippen molar-refractivity contribution in [2.75, 3.05) is 24.5 Å². The summed E-state index contributed by atoms with van der Waals surface area (Å²) in [5.41, 5.74) is -0.649. The number of piperidine rings is 1. The number of likely N-dealkylation sites (tertiary alicyclic amines) is 1. The molecule has 2 aromatic rings. The first-order valence-corrected chi connectivity index (χ1v) is 8.45. The summed E-state index contributed by atoms with van der Waals surface area (Å²) < 4.78 is 32.6. The fourth-order valence-corrected chi connectivity index (χ4v) is 3.82. The molecular weight excluding hydrogens is 344 g/mol. The molecular formula is C18H17F2N3O3. The number of halogens is 2. The van der Waals surface area contributed by atoms with Gasteiger partial charge >= 0.3 is 0 Å². The number of rotatable bonds is 2. The molecule has 0 unspecified atom stereocenters. The highest BCUT2D eigenvalue weighted by Gasteiger charge is 2.49. The van der Waals surface area contributed by atoms with Crippen molar-refractivity contribution in [2.45, 2.75) is 19.3 Å². The zero-order valence-electron chi connectivity index (χ0n) is 14.0. The van der Waals surface area contributed by atoms with Crippen LogP contribution in [0.25, 0.3) is 0 Å². The minimum atomic E-state index is -0.628. The van der Waals surface area contributed by atoms with Gasteiger partial charge in [0, 0.05) is 25.7 Å². The lowest BCUT2D eigenvalue weighted by Gasteiger charge is -2.37. The van der Waals surface area contributed by atoms with E-state index in [1.807, 2.05) is 0 Å². The summed E-state index contributed by atoms with van der Waals surface area (Å²) in [7, 11) is 0. The number of nitrogens with zero attached hydrogens (tertiary/aromatic N) is 3. The first-order chi connectivity index (χ1) is 12.5. The molecule has 1 spiro atoms. The Balaban J connectivity index is 1.49. The normalized spacial score (nSPS) is 19.4. The molecule has 2 aliphatic heterocycles. The third kappa shape index (κ3) is 2.65. The standard InChI is InChI=1S/C18H17F2N3O3/c19-12-1-2-13(20)14(9-12)23-8-5-18(17(23)25)3-6-22(7-4-18)16(24)15-10-21-11-26-15/h1-2,9-11H,3-8H2. The molecule has 0 atom stereocenters. The van der Waals surface area contributed by atoms with Crippen molar-refractivity contribution in [1.82, 2.24) is 9.88 Å². The number of aromatic nitrogens is 1. The average molecular weight is 361 g/mol. The Labute approximate surface area is 148 Å². The van der Waals surface area contributed by atoms with Gasteiger partial charge in [-0.1, -0.05) is 0 Å². The Kier molecular flexibility index (Phi) is 3.97. The molecule has 8 heteroatoms. The number of amides is 2. The molecule has 1 aromatic heterocycles. The van der Waals surface area contributed by atoms with E-state index in [1.165, 1.54) is 17.5 Å². The van der Waals surface area contributed by atoms with Gasteiger partial charge in [0.1, 0.15) is 11.6 Å². The summed E-state index contributed by atoms with van der Waals surface area (Å²) in [4.78, 5) is 32.0. The molecule has 2 aliphatic rings. The molecule has 0 saturated carbocycles. The maximum Gasteiger partial charge on any atom is 0.291 e. The lowest BCUT2D eigenvalue weighted by molar-refractivity contribution is -0.127. The minimum absolute atomic E-state index is 0.0213. The van der Waals surface area contributed by atoms with Gasteiger partial charge in [-0.3, -0.25) is 9.59 Å². The van der Waals surface area contributed by atoms with E-state index in [0.29, 0.717) is 38.9 Å². The summed E-state index contributed by atoms with van der Waals surface area (Å²) in [5, 5.41) is 0. The van der Waals surface area contributed by atoms with Gasteiger partial charge < -0.3 is 14.2 Å². The highest BCUT2D eigenvalue weighted by Crippen LogP contribution is 2.43. The van der Waals surface area contributed by atoms with E-state index in [9.17, 15) is 18.4 Å². The maximum absolute atomic E-state index is 14.0. The second kappa shape index (κ2) is 6.19. The molecule has 136 valence electrons. The Hall–Kier alpha value is -2.77. The van der Waals surface area contributed by atoms with Crippen molar-refractivity contribution in [3.05, 3.63) is 48.2 Å². The first-order valence-electron chi connectivity index (χ1n) is 8.45. The van der Waals surface area contributed by atoms with Gasteiger partial charge in [0.2, 0.25) is 11.7 Å². The number of carbonyl (C=O) groups is 2. The largest absolute Gasteiger partial charge is 0.438 e. The van der Waals surface area contributed by atoms with E-state index in [0.717, 1.165) is 18.2 Å². The van der Waals surface area contributed by atoms with Crippen LogP contribution >= 0.6 is 0 Å². The van der Waals surface area contributed by atoms with E-state index >= 15 is 0 Å². The lowest BCUT2D eigenvalue weighted by atomic mass is 9.77. The Morgan fingerprint density at radius 3 is 2.58 bits per heavy atom. The zero-order valence-corrected chi connectivity index (χ0v) is 14.0. The van der Waals surface area contributed by atoms with Crippen molar-refractivity contribution in [1.29, 1.82) is 0 Å². The molecule has 2 fully saturated rings. The monoisotopic (exact) mass is 361 g/mol. The van der Waals surface area contributed by atoms with Gasteiger partial charge in [-0.2, -0.15) is 0 Å². The van der Waals surface area contributed by atoms with Crippen molar-refractivity contribution < 1.29 is 22.8 Å². The Morgan fingerprint density at radius 2 is 1.88 bits per heavy atom. The Morgan fingerprint density at radius 1 is 1.15 bits per heavy atom. The van der Waals surface area contributed by atoms with Gasteiger partial charge in [0.15, 0.2) is 6.39 Å². The van der Waals surface area contributed by atoms with Crippen LogP contribution in [0.5, 0.6) is 0 Å². The number of benzene rings is 1. The second-order valence-electron chi connectivity index (χ2n) is 6.74. The fraction of sp³-hybridized carbons (Fsp3) is 0.389. The van der Waals surface area contributed by atoms with Crippen molar-refractivity contribution >= 4 is 17.5 Å². The molecule has 2 amide bonds.